The molecule has 0 bridgehead atoms. The van der Waals surface area contributed by atoms with Crippen molar-refractivity contribution >= 4 is 11.6 Å². The van der Waals surface area contributed by atoms with Crippen LogP contribution >= 0.6 is 0 Å². The van der Waals surface area contributed by atoms with Crippen molar-refractivity contribution < 1.29 is 23.4 Å². The Morgan fingerprint density at radius 1 is 1.17 bits per heavy atom. The van der Waals surface area contributed by atoms with Crippen LogP contribution in [0.4, 0.5) is 14.5 Å². The van der Waals surface area contributed by atoms with Crippen LogP contribution in [0.5, 0.6) is 5.75 Å². The van der Waals surface area contributed by atoms with E-state index in [9.17, 15) is 18.7 Å². The molecule has 2 aromatic carbocycles. The molecular weight excluding hydrogens is 304 g/mol. The van der Waals surface area contributed by atoms with Gasteiger partial charge in [-0.25, -0.2) is 8.78 Å². The first-order valence-electron chi connectivity index (χ1n) is 6.98. The van der Waals surface area contributed by atoms with Crippen LogP contribution in [0.3, 0.4) is 0 Å². The summed E-state index contributed by atoms with van der Waals surface area (Å²) in [7, 11) is 1.66. The Morgan fingerprint density at radius 2 is 1.83 bits per heavy atom. The number of amides is 1. The zero-order chi connectivity index (χ0) is 17.0. The highest BCUT2D eigenvalue weighted by Crippen LogP contribution is 2.21. The van der Waals surface area contributed by atoms with Gasteiger partial charge in [0.2, 0.25) is 5.91 Å². The molecule has 0 spiro atoms. The minimum absolute atomic E-state index is 0.0903. The topological polar surface area (TPSA) is 49.8 Å². The molecule has 0 aromatic heterocycles. The predicted octanol–water partition coefficient (Wildman–Crippen LogP) is 3.06. The van der Waals surface area contributed by atoms with Gasteiger partial charge in [-0.3, -0.25) is 4.79 Å². The molecule has 122 valence electrons. The van der Waals surface area contributed by atoms with Gasteiger partial charge in [0, 0.05) is 19.7 Å². The second kappa shape index (κ2) is 7.19. The highest BCUT2D eigenvalue weighted by molar-refractivity contribution is 5.90. The Kier molecular flexibility index (Phi) is 5.28. The quantitative estimate of drug-likeness (QED) is 0.921. The van der Waals surface area contributed by atoms with Gasteiger partial charge in [-0.1, -0.05) is 6.07 Å². The summed E-state index contributed by atoms with van der Waals surface area (Å²) in [5.41, 5.74) is 0.947. The third kappa shape index (κ3) is 4.26. The molecule has 0 saturated heterocycles. The zero-order valence-corrected chi connectivity index (χ0v) is 12.8. The van der Waals surface area contributed by atoms with Crippen molar-refractivity contribution in [1.82, 2.24) is 0 Å². The van der Waals surface area contributed by atoms with Crippen molar-refractivity contribution in [2.45, 2.75) is 13.0 Å². The molecule has 2 rings (SSSR count). The largest absolute Gasteiger partial charge is 0.491 e. The van der Waals surface area contributed by atoms with Crippen LogP contribution in [0, 0.1) is 11.6 Å². The van der Waals surface area contributed by atoms with Crippen molar-refractivity contribution in [3.8, 4) is 5.75 Å². The fraction of sp³-hybridized carbons (Fsp3) is 0.235. The molecule has 0 fully saturated rings. The third-order valence-electron chi connectivity index (χ3n) is 3.43. The van der Waals surface area contributed by atoms with E-state index in [0.29, 0.717) is 11.4 Å². The minimum atomic E-state index is -1.08. The number of carbonyl (C=O) groups excluding carboxylic acids is 1. The maximum absolute atomic E-state index is 13.1. The second-order valence-electron chi connectivity index (χ2n) is 5.07. The number of hydrogen-bond acceptors (Lipinski definition) is 3. The number of benzene rings is 2. The van der Waals surface area contributed by atoms with Crippen LogP contribution in [-0.4, -0.2) is 24.7 Å². The van der Waals surface area contributed by atoms with E-state index in [-0.39, 0.29) is 18.1 Å². The van der Waals surface area contributed by atoms with Crippen LogP contribution in [0.25, 0.3) is 0 Å². The summed E-state index contributed by atoms with van der Waals surface area (Å²) in [6.45, 7) is 1.36. The molecule has 0 heterocycles. The van der Waals surface area contributed by atoms with Gasteiger partial charge < -0.3 is 14.7 Å². The summed E-state index contributed by atoms with van der Waals surface area (Å²) < 4.78 is 31.4. The molecule has 2 aromatic rings. The van der Waals surface area contributed by atoms with E-state index in [2.05, 4.69) is 0 Å². The highest BCUT2D eigenvalue weighted by Gasteiger charge is 2.12. The van der Waals surface area contributed by atoms with Gasteiger partial charge >= 0.3 is 0 Å². The van der Waals surface area contributed by atoms with E-state index in [4.69, 9.17) is 4.74 Å². The lowest BCUT2D eigenvalue weighted by Gasteiger charge is -2.16. The Balaban J connectivity index is 1.97. The first kappa shape index (κ1) is 16.9. The van der Waals surface area contributed by atoms with Crippen molar-refractivity contribution in [2.75, 3.05) is 18.6 Å². The molecule has 0 saturated carbocycles. The first-order valence-corrected chi connectivity index (χ1v) is 6.98. The number of aliphatic hydroxyl groups is 1. The van der Waals surface area contributed by atoms with Crippen LogP contribution in [0.15, 0.2) is 42.5 Å². The van der Waals surface area contributed by atoms with Gasteiger partial charge in [-0.15, -0.1) is 0 Å². The zero-order valence-electron chi connectivity index (χ0n) is 12.8. The molecule has 1 amide bonds. The van der Waals surface area contributed by atoms with Gasteiger partial charge in [0.25, 0.3) is 0 Å². The number of hydrogen-bond donors (Lipinski definition) is 1. The van der Waals surface area contributed by atoms with E-state index in [1.807, 2.05) is 0 Å². The highest BCUT2D eigenvalue weighted by atomic mass is 19.2. The normalized spacial score (nSPS) is 11.9. The maximum Gasteiger partial charge on any atom is 0.223 e. The molecule has 0 aliphatic heterocycles. The third-order valence-corrected chi connectivity index (χ3v) is 3.43. The van der Waals surface area contributed by atoms with Gasteiger partial charge in [-0.05, 0) is 42.0 Å². The van der Waals surface area contributed by atoms with Crippen LogP contribution in [0.2, 0.25) is 0 Å². The molecule has 23 heavy (non-hydrogen) atoms. The number of aliphatic hydroxyl groups excluding tert-OH is 1. The average molecular weight is 321 g/mol. The van der Waals surface area contributed by atoms with Gasteiger partial charge in [-0.2, -0.15) is 0 Å². The van der Waals surface area contributed by atoms with Gasteiger partial charge in [0.05, 0.1) is 0 Å². The van der Waals surface area contributed by atoms with Gasteiger partial charge in [0.15, 0.2) is 11.6 Å². The van der Waals surface area contributed by atoms with E-state index in [1.54, 1.807) is 31.3 Å². The first-order chi connectivity index (χ1) is 10.9. The number of carbonyl (C=O) groups is 1. The SMILES string of the molecule is CC(=O)N(C)c1ccc(OCC(O)c2ccc(F)c(F)c2)cc1. The van der Waals surface area contributed by atoms with E-state index < -0.39 is 17.7 Å². The molecule has 0 aliphatic rings. The summed E-state index contributed by atoms with van der Waals surface area (Å²) in [6.07, 6.45) is -1.08. The number of anilines is 1. The van der Waals surface area contributed by atoms with Crippen molar-refractivity contribution in [3.05, 3.63) is 59.7 Å². The molecule has 0 radical (unpaired) electrons. The predicted molar refractivity (Wildman–Crippen MR) is 82.3 cm³/mol. The van der Waals surface area contributed by atoms with E-state index >= 15 is 0 Å². The number of nitrogens with zero attached hydrogens (tertiary/aromatic N) is 1. The average Bonchev–Trinajstić information content (AvgIpc) is 2.54. The lowest BCUT2D eigenvalue weighted by atomic mass is 10.1. The number of halogens is 2. The van der Waals surface area contributed by atoms with Crippen LogP contribution < -0.4 is 9.64 Å². The Bertz CT molecular complexity index is 689. The summed E-state index contributed by atoms with van der Waals surface area (Å²) in [4.78, 5) is 12.7. The molecule has 6 heteroatoms. The fourth-order valence-corrected chi connectivity index (χ4v) is 1.94. The lowest BCUT2D eigenvalue weighted by molar-refractivity contribution is -0.116. The molecule has 0 aliphatic carbocycles. The summed E-state index contributed by atoms with van der Waals surface area (Å²) in [5.74, 6) is -1.58. The lowest BCUT2D eigenvalue weighted by Crippen LogP contribution is -2.22. The van der Waals surface area contributed by atoms with Crippen molar-refractivity contribution in [3.63, 3.8) is 0 Å². The Morgan fingerprint density at radius 3 is 2.39 bits per heavy atom. The van der Waals surface area contributed by atoms with Crippen molar-refractivity contribution in [1.29, 1.82) is 0 Å². The minimum Gasteiger partial charge on any atom is -0.491 e. The molecule has 1 unspecified atom stereocenters. The summed E-state index contributed by atoms with van der Waals surface area (Å²) in [5, 5.41) is 9.95. The molecule has 1 N–H and O–H groups in total. The molecule has 4 nitrogen and oxygen atoms in total. The van der Waals surface area contributed by atoms with Crippen LogP contribution in [-0.2, 0) is 4.79 Å². The van der Waals surface area contributed by atoms with Gasteiger partial charge in [0.1, 0.15) is 18.5 Å². The second-order valence-corrected chi connectivity index (χ2v) is 5.07. The number of ether oxygens (including phenoxy) is 1. The Hall–Kier alpha value is -2.47. The molecular formula is C17H17F2NO3. The van der Waals surface area contributed by atoms with Crippen molar-refractivity contribution in [2.24, 2.45) is 0 Å². The maximum atomic E-state index is 13.1. The number of rotatable bonds is 5. The summed E-state index contributed by atoms with van der Waals surface area (Å²) in [6, 6.07) is 9.94. The Labute approximate surface area is 132 Å². The smallest absolute Gasteiger partial charge is 0.223 e. The standard InChI is InChI=1S/C17H17F2NO3/c1-11(21)20(2)13-4-6-14(7-5-13)23-10-17(22)12-3-8-15(18)16(19)9-12/h3-9,17,22H,10H2,1-2H3. The van der Waals surface area contributed by atoms with Crippen LogP contribution in [0.1, 0.15) is 18.6 Å². The molecule has 1 atom stereocenters. The van der Waals surface area contributed by atoms with E-state index in [1.165, 1.54) is 17.9 Å². The fourth-order valence-electron chi connectivity index (χ4n) is 1.94. The monoisotopic (exact) mass is 321 g/mol. The van der Waals surface area contributed by atoms with E-state index in [0.717, 1.165) is 12.1 Å². The summed E-state index contributed by atoms with van der Waals surface area (Å²) >= 11 is 0.